The number of hydrogen-bond donors (Lipinski definition) is 1. The number of piperazine rings is 1. The minimum Gasteiger partial charge on any atom is -0.354 e. The fraction of sp³-hybridized carbons (Fsp3) is 0.261. The summed E-state index contributed by atoms with van der Waals surface area (Å²) in [5.74, 6) is 0.739. The zero-order valence-corrected chi connectivity index (χ0v) is 19.1. The lowest BCUT2D eigenvalue weighted by molar-refractivity contribution is 0.102. The Morgan fingerprint density at radius 3 is 2.58 bits per heavy atom. The summed E-state index contributed by atoms with van der Waals surface area (Å²) in [6, 6.07) is 9.41. The van der Waals surface area contributed by atoms with E-state index in [2.05, 4.69) is 42.4 Å². The summed E-state index contributed by atoms with van der Waals surface area (Å²) in [4.78, 5) is 21.9. The van der Waals surface area contributed by atoms with Crippen LogP contribution >= 0.6 is 11.6 Å². The molecule has 33 heavy (non-hydrogen) atoms. The van der Waals surface area contributed by atoms with Crippen LogP contribution in [0.3, 0.4) is 0 Å². The predicted molar refractivity (Wildman–Crippen MR) is 129 cm³/mol. The number of fused-ring (bicyclic) bond motifs is 1. The summed E-state index contributed by atoms with van der Waals surface area (Å²) in [6.07, 6.45) is 5.28. The third kappa shape index (κ3) is 4.50. The molecule has 1 aliphatic heterocycles. The molecule has 1 saturated heterocycles. The van der Waals surface area contributed by atoms with Crippen molar-refractivity contribution < 1.29 is 4.79 Å². The van der Waals surface area contributed by atoms with Crippen LogP contribution in [0, 0.1) is 0 Å². The highest BCUT2D eigenvalue weighted by Gasteiger charge is 2.19. The third-order valence-electron chi connectivity index (χ3n) is 5.78. The smallest absolute Gasteiger partial charge is 0.258 e. The summed E-state index contributed by atoms with van der Waals surface area (Å²) >= 11 is 6.31. The number of benzene rings is 1. The van der Waals surface area contributed by atoms with Crippen LogP contribution in [-0.4, -0.2) is 69.0 Å². The van der Waals surface area contributed by atoms with Crippen molar-refractivity contribution in [2.75, 3.05) is 43.4 Å². The first-order chi connectivity index (χ1) is 16.0. The van der Waals surface area contributed by atoms with E-state index in [1.165, 1.54) is 6.20 Å². The van der Waals surface area contributed by atoms with Gasteiger partial charge in [-0.05, 0) is 36.9 Å². The Hall–Kier alpha value is -3.56. The van der Waals surface area contributed by atoms with Crippen LogP contribution in [0.2, 0.25) is 5.02 Å². The highest BCUT2D eigenvalue weighted by atomic mass is 35.5. The van der Waals surface area contributed by atoms with E-state index in [1.54, 1.807) is 16.8 Å². The van der Waals surface area contributed by atoms with Gasteiger partial charge in [-0.3, -0.25) is 9.48 Å². The standard InChI is InChI=1S/C23H23ClN8O/c1-30-5-7-32(8-6-30)22-11-18(19(24)13-25-22)23(33)27-21-10-16-9-15(3-4-20(16)28-29-21)17-12-26-31(2)14-17/h3-4,9-14H,5-8H2,1-2H3,(H,27,29,33). The molecule has 1 N–H and O–H groups in total. The van der Waals surface area contributed by atoms with Crippen molar-refractivity contribution in [2.24, 2.45) is 7.05 Å². The molecular formula is C23H23ClN8O. The minimum atomic E-state index is -0.352. The lowest BCUT2D eigenvalue weighted by atomic mass is 10.1. The maximum Gasteiger partial charge on any atom is 0.258 e. The van der Waals surface area contributed by atoms with Crippen molar-refractivity contribution in [3.05, 3.63) is 59.5 Å². The molecule has 9 nitrogen and oxygen atoms in total. The van der Waals surface area contributed by atoms with E-state index in [0.29, 0.717) is 11.4 Å². The van der Waals surface area contributed by atoms with Gasteiger partial charge in [0.05, 0.1) is 22.3 Å². The molecule has 10 heteroatoms. The SMILES string of the molecule is CN1CCN(c2cc(C(=O)Nc3cc4cc(-c5cnn(C)c5)ccc4nn3)c(Cl)cn2)CC1. The van der Waals surface area contributed by atoms with Crippen molar-refractivity contribution >= 4 is 40.0 Å². The van der Waals surface area contributed by atoms with Crippen molar-refractivity contribution in [1.82, 2.24) is 29.9 Å². The number of aryl methyl sites for hydroxylation is 1. The fourth-order valence-corrected chi connectivity index (χ4v) is 4.04. The van der Waals surface area contributed by atoms with E-state index < -0.39 is 0 Å². The number of pyridine rings is 1. The number of carbonyl (C=O) groups excluding carboxylic acids is 1. The van der Waals surface area contributed by atoms with Gasteiger partial charge in [0.1, 0.15) is 5.82 Å². The van der Waals surface area contributed by atoms with Crippen LogP contribution in [0.1, 0.15) is 10.4 Å². The lowest BCUT2D eigenvalue weighted by Crippen LogP contribution is -2.44. The van der Waals surface area contributed by atoms with Gasteiger partial charge in [-0.2, -0.15) is 5.10 Å². The monoisotopic (exact) mass is 462 g/mol. The second-order valence-corrected chi connectivity index (χ2v) is 8.58. The highest BCUT2D eigenvalue weighted by Crippen LogP contribution is 2.25. The van der Waals surface area contributed by atoms with Crippen molar-refractivity contribution in [3.63, 3.8) is 0 Å². The number of amides is 1. The number of halogens is 1. The molecule has 0 saturated carbocycles. The molecule has 168 valence electrons. The van der Waals surface area contributed by atoms with E-state index in [4.69, 9.17) is 11.6 Å². The Morgan fingerprint density at radius 2 is 1.82 bits per heavy atom. The lowest BCUT2D eigenvalue weighted by Gasteiger charge is -2.33. The maximum atomic E-state index is 13.0. The number of carbonyl (C=O) groups is 1. The molecule has 0 bridgehead atoms. The van der Waals surface area contributed by atoms with Gasteiger partial charge in [0.2, 0.25) is 0 Å². The van der Waals surface area contributed by atoms with Crippen LogP contribution in [0.25, 0.3) is 22.0 Å². The Labute approximate surface area is 196 Å². The Kier molecular flexibility index (Phi) is 5.65. The molecule has 5 rings (SSSR count). The van der Waals surface area contributed by atoms with Crippen LogP contribution in [0.4, 0.5) is 11.6 Å². The van der Waals surface area contributed by atoms with Gasteiger partial charge in [-0.1, -0.05) is 17.7 Å². The first kappa shape index (κ1) is 21.3. The highest BCUT2D eigenvalue weighted by molar-refractivity contribution is 6.34. The zero-order chi connectivity index (χ0) is 22.9. The minimum absolute atomic E-state index is 0.290. The molecule has 4 aromatic rings. The van der Waals surface area contributed by atoms with Gasteiger partial charge in [-0.25, -0.2) is 4.98 Å². The summed E-state index contributed by atoms with van der Waals surface area (Å²) in [7, 11) is 3.97. The van der Waals surface area contributed by atoms with E-state index in [0.717, 1.165) is 54.0 Å². The van der Waals surface area contributed by atoms with Gasteiger partial charge in [0, 0.05) is 56.6 Å². The molecule has 3 aromatic heterocycles. The third-order valence-corrected chi connectivity index (χ3v) is 6.08. The van der Waals surface area contributed by atoms with Crippen LogP contribution in [-0.2, 0) is 7.05 Å². The van der Waals surface area contributed by atoms with Gasteiger partial charge in [0.25, 0.3) is 5.91 Å². The number of rotatable bonds is 4. The molecule has 0 atom stereocenters. The van der Waals surface area contributed by atoms with Crippen molar-refractivity contribution in [2.45, 2.75) is 0 Å². The van der Waals surface area contributed by atoms with Crippen molar-refractivity contribution in [1.29, 1.82) is 0 Å². The van der Waals surface area contributed by atoms with Gasteiger partial charge in [0.15, 0.2) is 5.82 Å². The van der Waals surface area contributed by atoms with Crippen LogP contribution in [0.15, 0.2) is 48.9 Å². The Morgan fingerprint density at radius 1 is 1.00 bits per heavy atom. The first-order valence-electron chi connectivity index (χ1n) is 10.6. The van der Waals surface area contributed by atoms with E-state index in [-0.39, 0.29) is 10.9 Å². The van der Waals surface area contributed by atoms with E-state index in [1.807, 2.05) is 37.6 Å². The normalized spacial score (nSPS) is 14.6. The molecular weight excluding hydrogens is 440 g/mol. The molecule has 0 aliphatic carbocycles. The second-order valence-electron chi connectivity index (χ2n) is 8.17. The Bertz CT molecular complexity index is 1330. The molecule has 0 spiro atoms. The van der Waals surface area contributed by atoms with Gasteiger partial charge >= 0.3 is 0 Å². The largest absolute Gasteiger partial charge is 0.354 e. The summed E-state index contributed by atoms with van der Waals surface area (Å²) in [5.41, 5.74) is 3.10. The van der Waals surface area contributed by atoms with E-state index >= 15 is 0 Å². The topological polar surface area (TPSA) is 92.1 Å². The quantitative estimate of drug-likeness (QED) is 0.498. The molecule has 0 radical (unpaired) electrons. The average molecular weight is 463 g/mol. The molecule has 1 aliphatic rings. The van der Waals surface area contributed by atoms with Gasteiger partial charge < -0.3 is 15.1 Å². The molecule has 4 heterocycles. The zero-order valence-electron chi connectivity index (χ0n) is 18.4. The van der Waals surface area contributed by atoms with E-state index in [9.17, 15) is 4.79 Å². The van der Waals surface area contributed by atoms with Crippen molar-refractivity contribution in [3.8, 4) is 11.1 Å². The second kappa shape index (κ2) is 8.76. The predicted octanol–water partition coefficient (Wildman–Crippen LogP) is 3.08. The van der Waals surface area contributed by atoms with Gasteiger partial charge in [-0.15, -0.1) is 10.2 Å². The molecule has 1 fully saturated rings. The summed E-state index contributed by atoms with van der Waals surface area (Å²) in [5, 5.41) is 16.6. The molecule has 1 amide bonds. The first-order valence-corrected chi connectivity index (χ1v) is 11.0. The number of aromatic nitrogens is 5. The van der Waals surface area contributed by atoms with Crippen LogP contribution in [0.5, 0.6) is 0 Å². The fourth-order valence-electron chi connectivity index (χ4n) is 3.85. The number of nitrogens with zero attached hydrogens (tertiary/aromatic N) is 7. The molecule has 0 unspecified atom stereocenters. The number of hydrogen-bond acceptors (Lipinski definition) is 7. The summed E-state index contributed by atoms with van der Waals surface area (Å²) in [6.45, 7) is 3.59. The number of nitrogens with one attached hydrogen (secondary N) is 1. The maximum absolute atomic E-state index is 13.0. The number of anilines is 2. The van der Waals surface area contributed by atoms with Crippen LogP contribution < -0.4 is 10.2 Å². The molecule has 1 aromatic carbocycles. The number of likely N-dealkylation sites (N-methyl/N-ethyl adjacent to an activating group) is 1. The average Bonchev–Trinajstić information content (AvgIpc) is 3.26. The summed E-state index contributed by atoms with van der Waals surface area (Å²) < 4.78 is 1.75. The Balaban J connectivity index is 1.39.